The van der Waals surface area contributed by atoms with Gasteiger partial charge in [0, 0.05) is 32.3 Å². The molecule has 0 saturated heterocycles. The molecule has 6 aromatic rings. The monoisotopic (exact) mass is 692 g/mol. The van der Waals surface area contributed by atoms with Crippen LogP contribution in [0.3, 0.4) is 0 Å². The molecule has 2 aliphatic rings. The number of halogens is 2. The van der Waals surface area contributed by atoms with Gasteiger partial charge in [0.05, 0.1) is 8.07 Å². The van der Waals surface area contributed by atoms with Crippen molar-refractivity contribution in [3.8, 4) is 22.3 Å². The molecule has 0 spiro atoms. The fraction of sp³-hybridized carbons (Fsp3) is 0.217. The van der Waals surface area contributed by atoms with E-state index in [0.29, 0.717) is 11.1 Å². The third kappa shape index (κ3) is 5.08. The van der Waals surface area contributed by atoms with Crippen molar-refractivity contribution in [3.05, 3.63) is 155 Å². The summed E-state index contributed by atoms with van der Waals surface area (Å²) in [5.74, 6) is 0. The number of fused-ring (bicyclic) bond motifs is 4. The van der Waals surface area contributed by atoms with Gasteiger partial charge in [-0.15, -0.1) is 0 Å². The van der Waals surface area contributed by atoms with Crippen LogP contribution in [0, 0.1) is 0 Å². The summed E-state index contributed by atoms with van der Waals surface area (Å²) in [6.45, 7) is 9.80. The lowest BCUT2D eigenvalue weighted by Gasteiger charge is -2.40. The predicted octanol–water partition coefficient (Wildman–Crippen LogP) is 14.5. The molecule has 0 nitrogen and oxygen atoms in total. The van der Waals surface area contributed by atoms with Gasteiger partial charge in [0.25, 0.3) is 0 Å². The molecule has 0 heterocycles. The molecule has 0 fully saturated rings. The smallest absolute Gasteiger partial charge is 0.0723 e. The van der Waals surface area contributed by atoms with Crippen molar-refractivity contribution in [2.45, 2.75) is 63.7 Å². The summed E-state index contributed by atoms with van der Waals surface area (Å²) in [6, 6.07) is 44.6. The number of allylic oxidation sites excluding steroid dienone is 2. The molecule has 0 N–H and O–H groups in total. The second-order valence-corrected chi connectivity index (χ2v) is 20.0. The Balaban J connectivity index is 1.33. The Morgan fingerprint density at radius 2 is 0.837 bits per heavy atom. The molecule has 0 bridgehead atoms. The van der Waals surface area contributed by atoms with Crippen LogP contribution in [-0.4, -0.2) is 8.07 Å². The highest BCUT2D eigenvalue weighted by Crippen LogP contribution is 2.60. The lowest BCUT2D eigenvalue weighted by Crippen LogP contribution is -2.43. The maximum Gasteiger partial charge on any atom is 0.0723 e. The third-order valence-electron chi connectivity index (χ3n) is 11.2. The normalized spacial score (nSPS) is 17.3. The van der Waals surface area contributed by atoms with Crippen molar-refractivity contribution >= 4 is 62.9 Å². The zero-order chi connectivity index (χ0) is 33.9. The van der Waals surface area contributed by atoms with Gasteiger partial charge in [-0.3, -0.25) is 0 Å². The zero-order valence-corrected chi connectivity index (χ0v) is 31.3. The summed E-state index contributed by atoms with van der Waals surface area (Å²) in [5, 5.41) is 6.99. The van der Waals surface area contributed by atoms with Crippen molar-refractivity contribution in [1.29, 1.82) is 0 Å². The molecule has 2 aliphatic carbocycles. The summed E-state index contributed by atoms with van der Waals surface area (Å²) in [7, 11) is -2.26. The highest BCUT2D eigenvalue weighted by atomic mass is 35.5. The maximum absolute atomic E-state index is 7.65. The van der Waals surface area contributed by atoms with Crippen LogP contribution in [0.15, 0.2) is 132 Å². The first-order valence-corrected chi connectivity index (χ1v) is 21.8. The number of benzene rings is 6. The molecule has 2 atom stereocenters. The van der Waals surface area contributed by atoms with Gasteiger partial charge in [-0.25, -0.2) is 0 Å². The fourth-order valence-electron chi connectivity index (χ4n) is 9.34. The van der Waals surface area contributed by atoms with Crippen LogP contribution in [0.2, 0.25) is 13.1 Å². The average molecular weight is 694 g/mol. The molecule has 49 heavy (non-hydrogen) atoms. The topological polar surface area (TPSA) is 0 Å². The summed E-state index contributed by atoms with van der Waals surface area (Å²) in [4.78, 5) is 0. The Kier molecular flexibility index (Phi) is 8.43. The first-order valence-electron chi connectivity index (χ1n) is 17.9. The predicted molar refractivity (Wildman–Crippen MR) is 217 cm³/mol. The van der Waals surface area contributed by atoms with Gasteiger partial charge < -0.3 is 0 Å². The van der Waals surface area contributed by atoms with E-state index >= 15 is 0 Å². The highest BCUT2D eigenvalue weighted by molar-refractivity contribution is 6.82. The van der Waals surface area contributed by atoms with E-state index in [-0.39, 0.29) is 0 Å². The van der Waals surface area contributed by atoms with Crippen LogP contribution in [0.25, 0.3) is 53.9 Å². The second-order valence-electron chi connectivity index (χ2n) is 14.5. The summed E-state index contributed by atoms with van der Waals surface area (Å²) in [6.07, 6.45) is 4.13. The first kappa shape index (κ1) is 32.3. The van der Waals surface area contributed by atoms with Gasteiger partial charge in [0.15, 0.2) is 0 Å². The van der Waals surface area contributed by atoms with Gasteiger partial charge in [0.1, 0.15) is 0 Å². The number of hydrogen-bond acceptors (Lipinski definition) is 0. The van der Waals surface area contributed by atoms with Crippen molar-refractivity contribution in [2.75, 3.05) is 0 Å². The molecule has 244 valence electrons. The van der Waals surface area contributed by atoms with Gasteiger partial charge in [-0.1, -0.05) is 184 Å². The van der Waals surface area contributed by atoms with E-state index in [9.17, 15) is 0 Å². The van der Waals surface area contributed by atoms with Crippen LogP contribution in [0.5, 0.6) is 0 Å². The minimum atomic E-state index is -2.26. The van der Waals surface area contributed by atoms with Crippen LogP contribution in [0.4, 0.5) is 0 Å². The van der Waals surface area contributed by atoms with E-state index in [1.165, 1.54) is 77.2 Å². The number of hydrogen-bond donors (Lipinski definition) is 0. The quantitative estimate of drug-likeness (QED) is 0.139. The zero-order valence-electron chi connectivity index (χ0n) is 28.8. The molecule has 0 amide bonds. The fourth-order valence-corrected chi connectivity index (χ4v) is 15.1. The molecule has 8 rings (SSSR count). The largest absolute Gasteiger partial charge is 0.0837 e. The maximum atomic E-state index is 7.65. The van der Waals surface area contributed by atoms with Crippen molar-refractivity contribution < 1.29 is 0 Å². The van der Waals surface area contributed by atoms with Crippen molar-refractivity contribution in [2.24, 2.45) is 0 Å². The minimum Gasteiger partial charge on any atom is -0.0837 e. The van der Waals surface area contributed by atoms with E-state index in [1.54, 1.807) is 0 Å². The molecule has 0 saturated carbocycles. The van der Waals surface area contributed by atoms with E-state index in [0.717, 1.165) is 35.7 Å². The lowest BCUT2D eigenvalue weighted by atomic mass is 9.93. The molecule has 6 aromatic carbocycles. The molecular formula is C46H42Cl2Si. The average Bonchev–Trinajstić information content (AvgIpc) is 3.58. The standard InChI is InChI=1S/C46H42Cl2Si/c1-5-15-39-43(47)41-35(33-23-11-19-29-17-7-9-21-31(29)33)25-13-27-37(41)45(39)49(3,4)46-38-28-14-26-36(42(38)44(48)40(46)16-6-2)34-24-12-20-30-18-8-10-22-32(30)34/h7-14,17-28,45-46H,5-6,15-16H2,1-4H3. The Labute approximate surface area is 302 Å². The molecule has 0 aromatic heterocycles. The molecule has 0 radical (unpaired) electrons. The molecule has 2 unspecified atom stereocenters. The SMILES string of the molecule is CCCC1=C(Cl)c2c(-c3cccc4ccccc34)cccc2C1[Si](C)(C)C1C(CCC)=C(Cl)c2c(-c3cccc4ccccc34)cccc21. The van der Waals surface area contributed by atoms with E-state index in [1.807, 2.05) is 0 Å². The van der Waals surface area contributed by atoms with E-state index in [4.69, 9.17) is 23.2 Å². The van der Waals surface area contributed by atoms with E-state index in [2.05, 4.69) is 148 Å². The van der Waals surface area contributed by atoms with Gasteiger partial charge in [-0.05, 0) is 78.9 Å². The van der Waals surface area contributed by atoms with Crippen molar-refractivity contribution in [3.63, 3.8) is 0 Å². The molecular weight excluding hydrogens is 651 g/mol. The summed E-state index contributed by atoms with van der Waals surface area (Å²) < 4.78 is 0. The van der Waals surface area contributed by atoms with Crippen LogP contribution in [0.1, 0.15) is 72.9 Å². The van der Waals surface area contributed by atoms with Gasteiger partial charge >= 0.3 is 0 Å². The Hall–Kier alpha value is -3.88. The molecule has 0 aliphatic heterocycles. The highest BCUT2D eigenvalue weighted by Gasteiger charge is 2.51. The van der Waals surface area contributed by atoms with Crippen LogP contribution >= 0.6 is 23.2 Å². The minimum absolute atomic E-state index is 0.290. The van der Waals surface area contributed by atoms with Crippen LogP contribution < -0.4 is 0 Å². The molecule has 3 heteroatoms. The number of rotatable bonds is 8. The Bertz CT molecular complexity index is 2150. The second kappa shape index (κ2) is 12.8. The summed E-state index contributed by atoms with van der Waals surface area (Å²) >= 11 is 15.3. The Morgan fingerprint density at radius 1 is 0.469 bits per heavy atom. The third-order valence-corrected chi connectivity index (χ3v) is 16.4. The van der Waals surface area contributed by atoms with Crippen molar-refractivity contribution in [1.82, 2.24) is 0 Å². The van der Waals surface area contributed by atoms with Crippen LogP contribution in [-0.2, 0) is 0 Å². The lowest BCUT2D eigenvalue weighted by molar-refractivity contribution is 0.821. The first-order chi connectivity index (χ1) is 23.9. The summed E-state index contributed by atoms with van der Waals surface area (Å²) in [5.41, 5.74) is 13.7. The van der Waals surface area contributed by atoms with E-state index < -0.39 is 8.07 Å². The Morgan fingerprint density at radius 3 is 1.27 bits per heavy atom. The van der Waals surface area contributed by atoms with Gasteiger partial charge in [-0.2, -0.15) is 0 Å². The van der Waals surface area contributed by atoms with Gasteiger partial charge in [0.2, 0.25) is 0 Å².